The van der Waals surface area contributed by atoms with Crippen LogP contribution in [0.15, 0.2) is 34.2 Å². The fourth-order valence-electron chi connectivity index (χ4n) is 2.54. The maximum Gasteiger partial charge on any atom is 0.262 e. The topological polar surface area (TPSA) is 82.5 Å². The number of thioether (sulfide) groups is 1. The Hall–Kier alpha value is -2.52. The number of rotatable bonds is 6. The highest BCUT2D eigenvalue weighted by atomic mass is 32.2. The second kappa shape index (κ2) is 8.01. The molecule has 27 heavy (non-hydrogen) atoms. The summed E-state index contributed by atoms with van der Waals surface area (Å²) in [6, 6.07) is 6.99. The maximum absolute atomic E-state index is 12.4. The number of thiophene rings is 1. The van der Waals surface area contributed by atoms with E-state index >= 15 is 0 Å². The number of aromatic nitrogens is 2. The summed E-state index contributed by atoms with van der Waals surface area (Å²) in [5, 5.41) is 3.93. The second-order valence-electron chi connectivity index (χ2n) is 5.74. The van der Waals surface area contributed by atoms with Gasteiger partial charge in [-0.25, -0.2) is 4.98 Å². The number of carbonyl (C=O) groups excluding carboxylic acids is 1. The van der Waals surface area contributed by atoms with E-state index in [1.54, 1.807) is 32.4 Å². The Labute approximate surface area is 164 Å². The largest absolute Gasteiger partial charge is 0.493 e. The Morgan fingerprint density at radius 1 is 1.26 bits per heavy atom. The monoisotopic (exact) mass is 405 g/mol. The van der Waals surface area contributed by atoms with E-state index in [-0.39, 0.29) is 17.2 Å². The third kappa shape index (κ3) is 4.09. The fourth-order valence-corrected chi connectivity index (χ4v) is 4.23. The third-order valence-corrected chi connectivity index (χ3v) is 5.83. The van der Waals surface area contributed by atoms with Crippen LogP contribution in [0.1, 0.15) is 4.88 Å². The van der Waals surface area contributed by atoms with Crippen LogP contribution >= 0.6 is 23.1 Å². The molecule has 0 saturated heterocycles. The first-order valence-electron chi connectivity index (χ1n) is 8.04. The number of hydrogen-bond donors (Lipinski definition) is 1. The van der Waals surface area contributed by atoms with Crippen LogP contribution in [-0.4, -0.2) is 35.4 Å². The molecule has 0 aliphatic heterocycles. The van der Waals surface area contributed by atoms with Gasteiger partial charge in [0.25, 0.3) is 5.56 Å². The molecular formula is C18H19N3O4S2. The average molecular weight is 406 g/mol. The molecule has 0 radical (unpaired) electrons. The Kier molecular flexibility index (Phi) is 5.71. The Morgan fingerprint density at radius 2 is 2.00 bits per heavy atom. The summed E-state index contributed by atoms with van der Waals surface area (Å²) in [6.45, 7) is 1.94. The lowest BCUT2D eigenvalue weighted by Gasteiger charge is -2.11. The van der Waals surface area contributed by atoms with Gasteiger partial charge in [0.2, 0.25) is 5.91 Å². The first-order chi connectivity index (χ1) is 12.9. The lowest BCUT2D eigenvalue weighted by atomic mass is 10.2. The van der Waals surface area contributed by atoms with Crippen LogP contribution in [0.3, 0.4) is 0 Å². The Balaban J connectivity index is 1.72. The van der Waals surface area contributed by atoms with Gasteiger partial charge in [0.1, 0.15) is 4.83 Å². The molecule has 3 aromatic rings. The van der Waals surface area contributed by atoms with Crippen molar-refractivity contribution in [1.29, 1.82) is 0 Å². The van der Waals surface area contributed by atoms with E-state index in [0.29, 0.717) is 32.6 Å². The minimum absolute atomic E-state index is 0.104. The van der Waals surface area contributed by atoms with Crippen molar-refractivity contribution >= 4 is 44.9 Å². The normalized spacial score (nSPS) is 10.8. The molecule has 0 saturated carbocycles. The van der Waals surface area contributed by atoms with Crippen molar-refractivity contribution in [3.63, 3.8) is 0 Å². The van der Waals surface area contributed by atoms with Crippen LogP contribution in [0.4, 0.5) is 5.69 Å². The standard InChI is InChI=1S/C18H19N3O4S2/c1-10-7-12-16(27-10)20-18(21(2)17(12)23)26-9-15(22)19-11-5-6-13(24-3)14(8-11)25-4/h5-8H,9H2,1-4H3,(H,19,22). The van der Waals surface area contributed by atoms with Crippen molar-refractivity contribution in [2.75, 3.05) is 25.3 Å². The zero-order chi connectivity index (χ0) is 19.6. The van der Waals surface area contributed by atoms with Gasteiger partial charge < -0.3 is 14.8 Å². The quantitative estimate of drug-likeness (QED) is 0.501. The molecule has 2 aromatic heterocycles. The molecule has 2 heterocycles. The number of aryl methyl sites for hydroxylation is 1. The van der Waals surface area contributed by atoms with Gasteiger partial charge in [-0.3, -0.25) is 14.2 Å². The highest BCUT2D eigenvalue weighted by molar-refractivity contribution is 7.99. The molecule has 0 unspecified atom stereocenters. The number of benzene rings is 1. The van der Waals surface area contributed by atoms with Crippen LogP contribution in [0.5, 0.6) is 11.5 Å². The van der Waals surface area contributed by atoms with E-state index in [1.165, 1.54) is 34.8 Å². The Morgan fingerprint density at radius 3 is 2.70 bits per heavy atom. The zero-order valence-corrected chi connectivity index (χ0v) is 17.0. The van der Waals surface area contributed by atoms with Crippen LogP contribution in [0.25, 0.3) is 10.2 Å². The summed E-state index contributed by atoms with van der Waals surface area (Å²) in [7, 11) is 4.75. The van der Waals surface area contributed by atoms with Crippen LogP contribution in [0.2, 0.25) is 0 Å². The van der Waals surface area contributed by atoms with E-state index in [4.69, 9.17) is 9.47 Å². The molecule has 0 spiro atoms. The SMILES string of the molecule is COc1ccc(NC(=O)CSc2nc3sc(C)cc3c(=O)n2C)cc1OC. The summed E-state index contributed by atoms with van der Waals surface area (Å²) in [5.41, 5.74) is 0.497. The predicted octanol–water partition coefficient (Wildman–Crippen LogP) is 3.05. The summed E-state index contributed by atoms with van der Waals surface area (Å²) in [4.78, 5) is 30.9. The first-order valence-corrected chi connectivity index (χ1v) is 9.85. The van der Waals surface area contributed by atoms with Gasteiger partial charge in [-0.05, 0) is 25.1 Å². The van der Waals surface area contributed by atoms with E-state index in [0.717, 1.165) is 4.88 Å². The van der Waals surface area contributed by atoms with Gasteiger partial charge in [0, 0.05) is 23.7 Å². The van der Waals surface area contributed by atoms with Gasteiger partial charge in [-0.2, -0.15) is 0 Å². The number of ether oxygens (including phenoxy) is 2. The van der Waals surface area contributed by atoms with Gasteiger partial charge in [-0.15, -0.1) is 11.3 Å². The van der Waals surface area contributed by atoms with Crippen LogP contribution < -0.4 is 20.3 Å². The van der Waals surface area contributed by atoms with Crippen molar-refractivity contribution in [3.8, 4) is 11.5 Å². The fraction of sp³-hybridized carbons (Fsp3) is 0.278. The van der Waals surface area contributed by atoms with Crippen molar-refractivity contribution in [3.05, 3.63) is 39.5 Å². The van der Waals surface area contributed by atoms with E-state index in [9.17, 15) is 9.59 Å². The molecule has 9 heteroatoms. The van der Waals surface area contributed by atoms with Crippen LogP contribution in [-0.2, 0) is 11.8 Å². The molecule has 1 N–H and O–H groups in total. The van der Waals surface area contributed by atoms with Crippen molar-refractivity contribution in [2.45, 2.75) is 12.1 Å². The van der Waals surface area contributed by atoms with E-state index in [1.807, 2.05) is 13.0 Å². The van der Waals surface area contributed by atoms with Gasteiger partial charge in [0.05, 0.1) is 25.4 Å². The highest BCUT2D eigenvalue weighted by Crippen LogP contribution is 2.30. The number of fused-ring (bicyclic) bond motifs is 1. The molecule has 1 amide bonds. The van der Waals surface area contributed by atoms with E-state index < -0.39 is 0 Å². The average Bonchev–Trinajstić information content (AvgIpc) is 3.03. The second-order valence-corrected chi connectivity index (χ2v) is 7.92. The smallest absolute Gasteiger partial charge is 0.262 e. The molecule has 0 atom stereocenters. The maximum atomic E-state index is 12.4. The van der Waals surface area contributed by atoms with Gasteiger partial charge in [0.15, 0.2) is 16.7 Å². The molecule has 1 aromatic carbocycles. The number of nitrogens with one attached hydrogen (secondary N) is 1. The number of methoxy groups -OCH3 is 2. The minimum atomic E-state index is -0.205. The molecule has 0 fully saturated rings. The molecule has 0 aliphatic rings. The molecule has 3 rings (SSSR count). The Bertz CT molecular complexity index is 1060. The molecule has 0 aliphatic carbocycles. The van der Waals surface area contributed by atoms with Crippen molar-refractivity contribution in [2.24, 2.45) is 7.05 Å². The number of carbonyl (C=O) groups is 1. The van der Waals surface area contributed by atoms with E-state index in [2.05, 4.69) is 10.3 Å². The summed E-state index contributed by atoms with van der Waals surface area (Å²) < 4.78 is 11.9. The lowest BCUT2D eigenvalue weighted by Crippen LogP contribution is -2.20. The summed E-state index contributed by atoms with van der Waals surface area (Å²) in [5.74, 6) is 1.04. The third-order valence-electron chi connectivity index (χ3n) is 3.85. The minimum Gasteiger partial charge on any atom is -0.493 e. The zero-order valence-electron chi connectivity index (χ0n) is 15.4. The lowest BCUT2D eigenvalue weighted by molar-refractivity contribution is -0.113. The summed E-state index contributed by atoms with van der Waals surface area (Å²) in [6.07, 6.45) is 0. The number of nitrogens with zero attached hydrogens (tertiary/aromatic N) is 2. The molecule has 0 bridgehead atoms. The number of amides is 1. The molecular weight excluding hydrogens is 386 g/mol. The molecule has 7 nitrogen and oxygen atoms in total. The van der Waals surface area contributed by atoms with Crippen LogP contribution in [0, 0.1) is 6.92 Å². The first kappa shape index (κ1) is 19.2. The number of anilines is 1. The van der Waals surface area contributed by atoms with Crippen molar-refractivity contribution < 1.29 is 14.3 Å². The summed E-state index contributed by atoms with van der Waals surface area (Å²) >= 11 is 2.69. The van der Waals surface area contributed by atoms with Crippen molar-refractivity contribution in [1.82, 2.24) is 9.55 Å². The van der Waals surface area contributed by atoms with Gasteiger partial charge >= 0.3 is 0 Å². The molecule has 142 valence electrons. The predicted molar refractivity (Wildman–Crippen MR) is 108 cm³/mol. The highest BCUT2D eigenvalue weighted by Gasteiger charge is 2.13. The number of hydrogen-bond acceptors (Lipinski definition) is 7. The van der Waals surface area contributed by atoms with Gasteiger partial charge in [-0.1, -0.05) is 11.8 Å².